The lowest BCUT2D eigenvalue weighted by Gasteiger charge is -2.03. The zero-order chi connectivity index (χ0) is 10.4. The molecule has 1 rings (SSSR count). The van der Waals surface area contributed by atoms with E-state index in [0.717, 1.165) is 6.54 Å². The summed E-state index contributed by atoms with van der Waals surface area (Å²) < 4.78 is 24.3. The molecule has 0 aliphatic carbocycles. The van der Waals surface area contributed by atoms with Gasteiger partial charge < -0.3 is 5.32 Å². The molecule has 0 unspecified atom stereocenters. The predicted molar refractivity (Wildman–Crippen MR) is 58.9 cm³/mol. The largest absolute Gasteiger partial charge is 0.312 e. The molecule has 0 aromatic carbocycles. The maximum absolute atomic E-state index is 11.0. The number of sulfonamides is 1. The molecule has 1 heterocycles. The molecule has 0 aliphatic rings. The fourth-order valence-corrected chi connectivity index (χ4v) is 2.22. The van der Waals surface area contributed by atoms with Crippen molar-refractivity contribution in [1.29, 1.82) is 0 Å². The van der Waals surface area contributed by atoms with Crippen LogP contribution in [0.2, 0.25) is 0 Å². The Balaban J connectivity index is 2.17. The third-order valence-corrected chi connectivity index (χ3v) is 3.86. The van der Waals surface area contributed by atoms with Crippen molar-refractivity contribution in [2.45, 2.75) is 6.54 Å². The zero-order valence-corrected chi connectivity index (χ0v) is 9.62. The van der Waals surface area contributed by atoms with Crippen LogP contribution in [0.25, 0.3) is 0 Å². The fraction of sp³-hybridized carbons (Fsp3) is 0.500. The average Bonchev–Trinajstić information content (AvgIpc) is 2.65. The smallest absolute Gasteiger partial charge is 0.212 e. The van der Waals surface area contributed by atoms with E-state index in [4.69, 9.17) is 0 Å². The van der Waals surface area contributed by atoms with Gasteiger partial charge >= 0.3 is 0 Å². The van der Waals surface area contributed by atoms with Gasteiger partial charge in [0.25, 0.3) is 0 Å². The molecule has 0 radical (unpaired) electrons. The Morgan fingerprint density at radius 1 is 1.50 bits per heavy atom. The minimum Gasteiger partial charge on any atom is -0.312 e. The number of hydrogen-bond acceptors (Lipinski definition) is 4. The molecule has 1 aromatic heterocycles. The van der Waals surface area contributed by atoms with E-state index in [1.807, 2.05) is 16.8 Å². The third kappa shape index (κ3) is 4.19. The van der Waals surface area contributed by atoms with Gasteiger partial charge in [0.05, 0.1) is 5.75 Å². The summed E-state index contributed by atoms with van der Waals surface area (Å²) in [5, 5.41) is 7.11. The standard InChI is InChI=1S/C8H14N2O2S2/c1-9-14(11,12)5-3-10-6-8-2-4-13-7-8/h2,4,7,9-10H,3,5-6H2,1H3. The van der Waals surface area contributed by atoms with Crippen molar-refractivity contribution in [3.63, 3.8) is 0 Å². The topological polar surface area (TPSA) is 58.2 Å². The number of nitrogens with one attached hydrogen (secondary N) is 2. The minimum atomic E-state index is -3.07. The van der Waals surface area contributed by atoms with Crippen molar-refractivity contribution in [3.8, 4) is 0 Å². The van der Waals surface area contributed by atoms with Gasteiger partial charge in [-0.15, -0.1) is 0 Å². The van der Waals surface area contributed by atoms with E-state index < -0.39 is 10.0 Å². The Morgan fingerprint density at radius 3 is 2.86 bits per heavy atom. The van der Waals surface area contributed by atoms with Crippen molar-refractivity contribution in [2.75, 3.05) is 19.3 Å². The molecular weight excluding hydrogens is 220 g/mol. The molecule has 14 heavy (non-hydrogen) atoms. The molecule has 0 bridgehead atoms. The van der Waals surface area contributed by atoms with Crippen LogP contribution >= 0.6 is 11.3 Å². The Bertz CT molecular complexity index is 345. The second-order valence-corrected chi connectivity index (χ2v) is 5.66. The van der Waals surface area contributed by atoms with E-state index in [2.05, 4.69) is 10.0 Å². The van der Waals surface area contributed by atoms with E-state index in [1.54, 1.807) is 11.3 Å². The SMILES string of the molecule is CNS(=O)(=O)CCNCc1ccsc1. The summed E-state index contributed by atoms with van der Waals surface area (Å²) >= 11 is 1.64. The average molecular weight is 234 g/mol. The van der Waals surface area contributed by atoms with Crippen LogP contribution in [0.3, 0.4) is 0 Å². The van der Waals surface area contributed by atoms with Gasteiger partial charge in [0.2, 0.25) is 10.0 Å². The first-order valence-corrected chi connectivity index (χ1v) is 6.86. The highest BCUT2D eigenvalue weighted by Crippen LogP contribution is 2.04. The minimum absolute atomic E-state index is 0.119. The summed E-state index contributed by atoms with van der Waals surface area (Å²) in [5.41, 5.74) is 1.19. The van der Waals surface area contributed by atoms with Gasteiger partial charge in [-0.2, -0.15) is 11.3 Å². The lowest BCUT2D eigenvalue weighted by atomic mass is 10.3. The Morgan fingerprint density at radius 2 is 2.29 bits per heavy atom. The van der Waals surface area contributed by atoms with Crippen molar-refractivity contribution < 1.29 is 8.42 Å². The summed E-state index contributed by atoms with van der Waals surface area (Å²) in [6.45, 7) is 1.20. The number of thiophene rings is 1. The van der Waals surface area contributed by atoms with Gasteiger partial charge in [-0.3, -0.25) is 0 Å². The van der Waals surface area contributed by atoms with Crippen LogP contribution in [0.1, 0.15) is 5.56 Å². The first kappa shape index (κ1) is 11.6. The van der Waals surface area contributed by atoms with Crippen molar-refractivity contribution in [3.05, 3.63) is 22.4 Å². The van der Waals surface area contributed by atoms with E-state index in [1.165, 1.54) is 12.6 Å². The molecule has 0 atom stereocenters. The maximum atomic E-state index is 11.0. The van der Waals surface area contributed by atoms with Crippen molar-refractivity contribution >= 4 is 21.4 Å². The maximum Gasteiger partial charge on any atom is 0.212 e. The first-order valence-electron chi connectivity index (χ1n) is 4.27. The normalized spacial score (nSPS) is 11.8. The summed E-state index contributed by atoms with van der Waals surface area (Å²) in [6.07, 6.45) is 0. The van der Waals surface area contributed by atoms with Gasteiger partial charge in [-0.05, 0) is 29.4 Å². The molecule has 6 heteroatoms. The molecule has 1 aromatic rings. The van der Waals surface area contributed by atoms with Crippen LogP contribution in [-0.2, 0) is 16.6 Å². The second-order valence-electron chi connectivity index (χ2n) is 2.83. The highest BCUT2D eigenvalue weighted by atomic mass is 32.2. The molecule has 0 fully saturated rings. The zero-order valence-electron chi connectivity index (χ0n) is 7.99. The number of rotatable bonds is 6. The quantitative estimate of drug-likeness (QED) is 0.700. The molecule has 2 N–H and O–H groups in total. The summed E-state index contributed by atoms with van der Waals surface area (Å²) in [7, 11) is -1.65. The predicted octanol–water partition coefficient (Wildman–Crippen LogP) is 0.387. The number of hydrogen-bond donors (Lipinski definition) is 2. The molecule has 0 spiro atoms. The first-order chi connectivity index (χ1) is 6.64. The molecule has 0 aliphatic heterocycles. The molecule has 0 saturated heterocycles. The van der Waals surface area contributed by atoms with Gasteiger partial charge in [0, 0.05) is 13.1 Å². The van der Waals surface area contributed by atoms with Crippen LogP contribution in [-0.4, -0.2) is 27.8 Å². The fourth-order valence-electron chi connectivity index (χ4n) is 0.935. The van der Waals surface area contributed by atoms with Gasteiger partial charge in [0.1, 0.15) is 0 Å². The summed E-state index contributed by atoms with van der Waals surface area (Å²) in [5.74, 6) is 0.119. The van der Waals surface area contributed by atoms with E-state index in [9.17, 15) is 8.42 Å². The molecular formula is C8H14N2O2S2. The highest BCUT2D eigenvalue weighted by molar-refractivity contribution is 7.89. The van der Waals surface area contributed by atoms with Crippen LogP contribution in [0.15, 0.2) is 16.8 Å². The Hall–Kier alpha value is -0.430. The monoisotopic (exact) mass is 234 g/mol. The Labute approximate surface area is 88.4 Å². The van der Waals surface area contributed by atoms with Crippen LogP contribution in [0.4, 0.5) is 0 Å². The lowest BCUT2D eigenvalue weighted by molar-refractivity contribution is 0.583. The van der Waals surface area contributed by atoms with E-state index >= 15 is 0 Å². The van der Waals surface area contributed by atoms with Crippen LogP contribution < -0.4 is 10.0 Å². The lowest BCUT2D eigenvalue weighted by Crippen LogP contribution is -2.29. The Kier molecular flexibility index (Phi) is 4.53. The van der Waals surface area contributed by atoms with E-state index in [0.29, 0.717) is 6.54 Å². The van der Waals surface area contributed by atoms with Crippen molar-refractivity contribution in [2.24, 2.45) is 0 Å². The van der Waals surface area contributed by atoms with Gasteiger partial charge in [-0.25, -0.2) is 13.1 Å². The van der Waals surface area contributed by atoms with Gasteiger partial charge in [0.15, 0.2) is 0 Å². The second kappa shape index (κ2) is 5.45. The van der Waals surface area contributed by atoms with Gasteiger partial charge in [-0.1, -0.05) is 0 Å². The summed E-state index contributed by atoms with van der Waals surface area (Å²) in [6, 6.07) is 2.02. The molecule has 80 valence electrons. The summed E-state index contributed by atoms with van der Waals surface area (Å²) in [4.78, 5) is 0. The van der Waals surface area contributed by atoms with E-state index in [-0.39, 0.29) is 5.75 Å². The van der Waals surface area contributed by atoms with Crippen LogP contribution in [0, 0.1) is 0 Å². The highest BCUT2D eigenvalue weighted by Gasteiger charge is 2.04. The van der Waals surface area contributed by atoms with Crippen molar-refractivity contribution in [1.82, 2.24) is 10.0 Å². The van der Waals surface area contributed by atoms with Crippen LogP contribution in [0.5, 0.6) is 0 Å². The third-order valence-electron chi connectivity index (χ3n) is 1.77. The molecule has 0 saturated carbocycles. The molecule has 4 nitrogen and oxygen atoms in total. The molecule has 0 amide bonds.